The van der Waals surface area contributed by atoms with Crippen molar-refractivity contribution in [2.24, 2.45) is 0 Å². The average molecular weight is 424 g/mol. The lowest BCUT2D eigenvalue weighted by molar-refractivity contribution is -0.385. The summed E-state index contributed by atoms with van der Waals surface area (Å²) in [4.78, 5) is 40.7. The minimum Gasteiger partial charge on any atom is -0.508 e. The Bertz CT molecular complexity index is 1100. The van der Waals surface area contributed by atoms with Crippen LogP contribution in [0, 0.1) is 20.2 Å². The van der Waals surface area contributed by atoms with Crippen LogP contribution in [0.15, 0.2) is 66.7 Å². The number of nitro groups is 2. The third-order valence-electron chi connectivity index (χ3n) is 3.91. The predicted octanol–water partition coefficient (Wildman–Crippen LogP) is 4.10. The summed E-state index contributed by atoms with van der Waals surface area (Å²) in [6.45, 7) is 0.344. The Kier molecular flexibility index (Phi) is 7.91. The second kappa shape index (κ2) is 10.8. The number of ether oxygens (including phenoxy) is 1. The van der Waals surface area contributed by atoms with Gasteiger partial charge in [-0.3, -0.25) is 29.8 Å². The number of rotatable bonds is 7. The van der Waals surface area contributed by atoms with Crippen molar-refractivity contribution >= 4 is 23.9 Å². The summed E-state index contributed by atoms with van der Waals surface area (Å²) in [6.07, 6.45) is 0.783. The van der Waals surface area contributed by atoms with E-state index in [0.29, 0.717) is 24.9 Å². The first-order chi connectivity index (χ1) is 14.8. The molecule has 0 aromatic heterocycles. The van der Waals surface area contributed by atoms with Crippen LogP contribution in [0.3, 0.4) is 0 Å². The number of hydrogen-bond acceptors (Lipinski definition) is 8. The number of aldehydes is 2. The number of carbonyl (C=O) groups is 2. The summed E-state index contributed by atoms with van der Waals surface area (Å²) in [5, 5.41) is 29.8. The minimum atomic E-state index is -0.677. The maximum atomic E-state index is 10.8. The molecule has 0 bridgehead atoms. The maximum absolute atomic E-state index is 10.8. The first-order valence-corrected chi connectivity index (χ1v) is 8.68. The van der Waals surface area contributed by atoms with Gasteiger partial charge in [-0.25, -0.2) is 0 Å². The molecule has 0 unspecified atom stereocenters. The minimum absolute atomic E-state index is 0.00978. The number of carbonyl (C=O) groups excluding carboxylic acids is 2. The number of nitrogens with zero attached hydrogens (tertiary/aromatic N) is 2. The molecule has 0 saturated carbocycles. The van der Waals surface area contributed by atoms with E-state index in [9.17, 15) is 29.8 Å². The molecule has 3 aromatic rings. The van der Waals surface area contributed by atoms with Crippen molar-refractivity contribution in [3.8, 4) is 11.5 Å². The lowest BCUT2D eigenvalue weighted by atomic mass is 10.2. The Morgan fingerprint density at radius 1 is 0.806 bits per heavy atom. The van der Waals surface area contributed by atoms with E-state index < -0.39 is 9.85 Å². The number of phenolic OH excluding ortho intramolecular Hbond substituents is 1. The van der Waals surface area contributed by atoms with Gasteiger partial charge in [-0.1, -0.05) is 30.3 Å². The molecule has 10 nitrogen and oxygen atoms in total. The van der Waals surface area contributed by atoms with Crippen molar-refractivity contribution in [3.63, 3.8) is 0 Å². The van der Waals surface area contributed by atoms with Crippen LogP contribution in [-0.2, 0) is 6.61 Å². The Hall–Kier alpha value is -4.60. The Morgan fingerprint density at radius 2 is 1.35 bits per heavy atom. The fourth-order valence-electron chi connectivity index (χ4n) is 2.43. The van der Waals surface area contributed by atoms with Gasteiger partial charge in [0.25, 0.3) is 11.4 Å². The molecular formula is C21H16N2O8. The Labute approximate surface area is 175 Å². The molecule has 0 radical (unpaired) electrons. The van der Waals surface area contributed by atoms with Gasteiger partial charge >= 0.3 is 0 Å². The summed E-state index contributed by atoms with van der Waals surface area (Å²) >= 11 is 0. The lowest BCUT2D eigenvalue weighted by Gasteiger charge is -2.06. The number of hydrogen-bond donors (Lipinski definition) is 1. The summed E-state index contributed by atoms with van der Waals surface area (Å²) in [6, 6.07) is 16.9. The number of aromatic hydroxyl groups is 1. The highest BCUT2D eigenvalue weighted by Gasteiger charge is 2.14. The number of benzene rings is 3. The van der Waals surface area contributed by atoms with Gasteiger partial charge in [-0.15, -0.1) is 0 Å². The molecule has 0 atom stereocenters. The predicted molar refractivity (Wildman–Crippen MR) is 109 cm³/mol. The third-order valence-corrected chi connectivity index (χ3v) is 3.91. The van der Waals surface area contributed by atoms with Crippen LogP contribution in [0.5, 0.6) is 11.5 Å². The van der Waals surface area contributed by atoms with E-state index >= 15 is 0 Å². The zero-order valence-electron chi connectivity index (χ0n) is 15.9. The smallest absolute Gasteiger partial charge is 0.280 e. The lowest BCUT2D eigenvalue weighted by Crippen LogP contribution is -1.98. The van der Waals surface area contributed by atoms with Crippen molar-refractivity contribution < 1.29 is 29.3 Å². The molecule has 0 aliphatic rings. The summed E-state index contributed by atoms with van der Waals surface area (Å²) in [7, 11) is 0. The van der Waals surface area contributed by atoms with Gasteiger partial charge in [0, 0.05) is 12.1 Å². The quantitative estimate of drug-likeness (QED) is 0.338. The molecule has 3 rings (SSSR count). The van der Waals surface area contributed by atoms with Crippen molar-refractivity contribution in [3.05, 3.63) is 104 Å². The third kappa shape index (κ3) is 6.46. The standard InChI is InChI=1S/C14H11NO4.C7H5NO4/c16-9-12-8-13(6-7-14(12)15(17)18)19-10-11-4-2-1-3-5-11;9-4-5-3-6(10)1-2-7(5)8(11)12/h1-9H,10H2;1-4,10H. The number of phenols is 1. The molecule has 0 fully saturated rings. The van der Waals surface area contributed by atoms with Crippen molar-refractivity contribution in [1.82, 2.24) is 0 Å². The molecular weight excluding hydrogens is 408 g/mol. The maximum Gasteiger partial charge on any atom is 0.280 e. The van der Waals surface area contributed by atoms with E-state index in [4.69, 9.17) is 9.84 Å². The van der Waals surface area contributed by atoms with Gasteiger partial charge in [0.2, 0.25) is 0 Å². The highest BCUT2D eigenvalue weighted by atomic mass is 16.6. The highest BCUT2D eigenvalue weighted by Crippen LogP contribution is 2.23. The largest absolute Gasteiger partial charge is 0.508 e. The van der Waals surface area contributed by atoms with E-state index in [1.807, 2.05) is 30.3 Å². The van der Waals surface area contributed by atoms with E-state index in [1.165, 1.54) is 18.2 Å². The molecule has 0 amide bonds. The first kappa shape index (κ1) is 22.7. The molecule has 0 spiro atoms. The monoisotopic (exact) mass is 424 g/mol. The zero-order valence-corrected chi connectivity index (χ0v) is 15.9. The van der Waals surface area contributed by atoms with Gasteiger partial charge in [-0.05, 0) is 29.8 Å². The van der Waals surface area contributed by atoms with Gasteiger partial charge in [0.1, 0.15) is 18.1 Å². The molecule has 1 N–H and O–H groups in total. The van der Waals surface area contributed by atoms with Crippen LogP contribution in [0.1, 0.15) is 26.3 Å². The second-order valence-corrected chi connectivity index (χ2v) is 5.99. The van der Waals surface area contributed by atoms with E-state index in [0.717, 1.165) is 23.8 Å². The van der Waals surface area contributed by atoms with Gasteiger partial charge in [0.15, 0.2) is 12.6 Å². The molecule has 0 heterocycles. The van der Waals surface area contributed by atoms with E-state index in [1.54, 1.807) is 0 Å². The second-order valence-electron chi connectivity index (χ2n) is 5.99. The summed E-state index contributed by atoms with van der Waals surface area (Å²) < 4.78 is 5.49. The zero-order chi connectivity index (χ0) is 22.8. The number of nitro benzene ring substituents is 2. The normalized spacial score (nSPS) is 9.68. The fraction of sp³-hybridized carbons (Fsp3) is 0.0476. The van der Waals surface area contributed by atoms with Crippen molar-refractivity contribution in [2.45, 2.75) is 6.61 Å². The van der Waals surface area contributed by atoms with Crippen LogP contribution in [0.25, 0.3) is 0 Å². The molecule has 0 saturated heterocycles. The Balaban J connectivity index is 0.000000245. The first-order valence-electron chi connectivity index (χ1n) is 8.68. The van der Waals surface area contributed by atoms with Crippen LogP contribution < -0.4 is 4.74 Å². The van der Waals surface area contributed by atoms with Gasteiger partial charge < -0.3 is 9.84 Å². The molecule has 0 aliphatic heterocycles. The highest BCUT2D eigenvalue weighted by molar-refractivity contribution is 5.82. The van der Waals surface area contributed by atoms with Crippen molar-refractivity contribution in [1.29, 1.82) is 0 Å². The van der Waals surface area contributed by atoms with E-state index in [-0.39, 0.29) is 28.3 Å². The topological polar surface area (TPSA) is 150 Å². The van der Waals surface area contributed by atoms with Crippen LogP contribution in [0.2, 0.25) is 0 Å². The van der Waals surface area contributed by atoms with Crippen LogP contribution in [0.4, 0.5) is 11.4 Å². The molecule has 10 heteroatoms. The fourth-order valence-corrected chi connectivity index (χ4v) is 2.43. The summed E-state index contributed by atoms with van der Waals surface area (Å²) in [5.74, 6) is 0.263. The van der Waals surface area contributed by atoms with Crippen LogP contribution >= 0.6 is 0 Å². The van der Waals surface area contributed by atoms with Crippen LogP contribution in [-0.4, -0.2) is 27.5 Å². The SMILES string of the molecule is O=Cc1cc(O)ccc1[N+](=O)[O-].O=Cc1cc(OCc2ccccc2)ccc1[N+](=O)[O-]. The average Bonchev–Trinajstić information content (AvgIpc) is 2.78. The van der Waals surface area contributed by atoms with E-state index in [2.05, 4.69) is 0 Å². The van der Waals surface area contributed by atoms with Crippen molar-refractivity contribution in [2.75, 3.05) is 0 Å². The Morgan fingerprint density at radius 3 is 1.90 bits per heavy atom. The summed E-state index contributed by atoms with van der Waals surface area (Å²) in [5.41, 5.74) is 0.342. The molecule has 158 valence electrons. The van der Waals surface area contributed by atoms with Gasteiger partial charge in [0.05, 0.1) is 21.0 Å². The van der Waals surface area contributed by atoms with Gasteiger partial charge in [-0.2, -0.15) is 0 Å². The molecule has 3 aromatic carbocycles. The molecule has 0 aliphatic carbocycles. The molecule has 31 heavy (non-hydrogen) atoms.